The zero-order chi connectivity index (χ0) is 19.1. The number of esters is 1. The maximum Gasteiger partial charge on any atom is 0.337 e. The molecule has 0 bridgehead atoms. The molecule has 0 radical (unpaired) electrons. The molecule has 1 N–H and O–H groups in total. The van der Waals surface area contributed by atoms with E-state index in [0.717, 1.165) is 31.9 Å². The molecule has 2 aromatic carbocycles. The van der Waals surface area contributed by atoms with Crippen LogP contribution in [0.5, 0.6) is 0 Å². The summed E-state index contributed by atoms with van der Waals surface area (Å²) in [6, 6.07) is 17.3. The fourth-order valence-electron chi connectivity index (χ4n) is 3.17. The molecule has 0 aromatic heterocycles. The first-order valence-corrected chi connectivity index (χ1v) is 9.17. The molecule has 2 aromatic rings. The fraction of sp³-hybridized carbons (Fsp3) is 0.333. The second-order valence-corrected chi connectivity index (χ2v) is 6.45. The zero-order valence-electron chi connectivity index (χ0n) is 15.6. The number of ether oxygens (including phenoxy) is 1. The molecule has 0 atom stereocenters. The number of para-hydroxylation sites is 1. The number of carbonyl (C=O) groups excluding carboxylic acids is 2. The maximum absolute atomic E-state index is 12.4. The number of carbonyl (C=O) groups is 2. The van der Waals surface area contributed by atoms with E-state index in [1.807, 2.05) is 35.2 Å². The molecule has 1 heterocycles. The smallest absolute Gasteiger partial charge is 0.337 e. The molecule has 1 fully saturated rings. The van der Waals surface area contributed by atoms with E-state index in [2.05, 4.69) is 27.1 Å². The van der Waals surface area contributed by atoms with Crippen molar-refractivity contribution in [3.05, 3.63) is 60.2 Å². The third-order valence-electron chi connectivity index (χ3n) is 4.73. The van der Waals surface area contributed by atoms with Gasteiger partial charge in [0.15, 0.2) is 0 Å². The predicted octanol–water partition coefficient (Wildman–Crippen LogP) is 2.62. The average molecular weight is 367 g/mol. The number of benzene rings is 2. The Labute approximate surface area is 159 Å². The van der Waals surface area contributed by atoms with Crippen LogP contribution in [0.15, 0.2) is 54.6 Å². The highest BCUT2D eigenvalue weighted by Gasteiger charge is 2.20. The van der Waals surface area contributed by atoms with E-state index in [1.165, 1.54) is 12.8 Å². The number of nitrogens with zero attached hydrogens (tertiary/aromatic N) is 2. The van der Waals surface area contributed by atoms with Crippen LogP contribution in [0.25, 0.3) is 0 Å². The molecular formula is C21H25N3O3. The van der Waals surface area contributed by atoms with Crippen molar-refractivity contribution in [1.82, 2.24) is 4.90 Å². The number of piperazine rings is 1. The lowest BCUT2D eigenvalue weighted by Gasteiger charge is -2.36. The van der Waals surface area contributed by atoms with E-state index >= 15 is 0 Å². The molecule has 0 aliphatic carbocycles. The third kappa shape index (κ3) is 5.00. The number of anilines is 2. The summed E-state index contributed by atoms with van der Waals surface area (Å²) >= 11 is 0. The van der Waals surface area contributed by atoms with E-state index in [4.69, 9.17) is 0 Å². The van der Waals surface area contributed by atoms with Gasteiger partial charge in [-0.25, -0.2) is 4.79 Å². The lowest BCUT2D eigenvalue weighted by atomic mass is 10.2. The standard InChI is InChI=1S/C21H25N3O3/c1-27-21(26)17-7-9-18(10-8-17)22-12-11-20(25)24-15-13-23(14-16-24)19-5-3-2-4-6-19/h2-10,22H,11-16H2,1H3. The Morgan fingerprint density at radius 2 is 1.63 bits per heavy atom. The predicted molar refractivity (Wildman–Crippen MR) is 106 cm³/mol. The molecule has 142 valence electrons. The molecule has 1 amide bonds. The van der Waals surface area contributed by atoms with Crippen molar-refractivity contribution >= 4 is 23.3 Å². The van der Waals surface area contributed by atoms with Gasteiger partial charge < -0.3 is 19.9 Å². The summed E-state index contributed by atoms with van der Waals surface area (Å²) in [5, 5.41) is 3.22. The van der Waals surface area contributed by atoms with Gasteiger partial charge >= 0.3 is 5.97 Å². The van der Waals surface area contributed by atoms with Crippen LogP contribution in [0.2, 0.25) is 0 Å². The highest BCUT2D eigenvalue weighted by Crippen LogP contribution is 2.16. The minimum absolute atomic E-state index is 0.168. The van der Waals surface area contributed by atoms with Crippen molar-refractivity contribution < 1.29 is 14.3 Å². The zero-order valence-corrected chi connectivity index (χ0v) is 15.6. The number of amides is 1. The number of hydrogen-bond donors (Lipinski definition) is 1. The van der Waals surface area contributed by atoms with Gasteiger partial charge in [0.2, 0.25) is 5.91 Å². The van der Waals surface area contributed by atoms with Crippen molar-refractivity contribution in [2.24, 2.45) is 0 Å². The topological polar surface area (TPSA) is 61.9 Å². The first kappa shape index (κ1) is 18.8. The van der Waals surface area contributed by atoms with Gasteiger partial charge in [-0.15, -0.1) is 0 Å². The van der Waals surface area contributed by atoms with Gasteiger partial charge in [0.05, 0.1) is 12.7 Å². The highest BCUT2D eigenvalue weighted by molar-refractivity contribution is 5.89. The van der Waals surface area contributed by atoms with Gasteiger partial charge in [0.25, 0.3) is 0 Å². The molecule has 1 saturated heterocycles. The minimum Gasteiger partial charge on any atom is -0.465 e. The molecule has 3 rings (SSSR count). The third-order valence-corrected chi connectivity index (χ3v) is 4.73. The summed E-state index contributed by atoms with van der Waals surface area (Å²) in [5.41, 5.74) is 2.60. The van der Waals surface area contributed by atoms with Crippen molar-refractivity contribution in [2.75, 3.05) is 50.1 Å². The quantitative estimate of drug-likeness (QED) is 0.796. The van der Waals surface area contributed by atoms with Crippen molar-refractivity contribution in [1.29, 1.82) is 0 Å². The van der Waals surface area contributed by atoms with Gasteiger partial charge in [0, 0.05) is 50.5 Å². The highest BCUT2D eigenvalue weighted by atomic mass is 16.5. The summed E-state index contributed by atoms with van der Waals surface area (Å²) in [6.45, 7) is 3.79. The van der Waals surface area contributed by atoms with E-state index in [1.54, 1.807) is 12.1 Å². The Morgan fingerprint density at radius 3 is 2.26 bits per heavy atom. The fourth-order valence-corrected chi connectivity index (χ4v) is 3.17. The SMILES string of the molecule is COC(=O)c1ccc(NCCC(=O)N2CCN(c3ccccc3)CC2)cc1. The Balaban J connectivity index is 1.40. The molecule has 6 heteroatoms. The second-order valence-electron chi connectivity index (χ2n) is 6.45. The van der Waals surface area contributed by atoms with Crippen molar-refractivity contribution in [3.63, 3.8) is 0 Å². The van der Waals surface area contributed by atoms with Crippen LogP contribution in [-0.4, -0.2) is 56.6 Å². The first-order valence-electron chi connectivity index (χ1n) is 9.17. The molecule has 1 aliphatic heterocycles. The number of nitrogens with one attached hydrogen (secondary N) is 1. The summed E-state index contributed by atoms with van der Waals surface area (Å²) in [6.07, 6.45) is 0.449. The monoisotopic (exact) mass is 367 g/mol. The first-order chi connectivity index (χ1) is 13.2. The van der Waals surface area contributed by atoms with E-state index in [-0.39, 0.29) is 11.9 Å². The number of methoxy groups -OCH3 is 1. The molecule has 0 saturated carbocycles. The molecule has 0 spiro atoms. The Hall–Kier alpha value is -3.02. The van der Waals surface area contributed by atoms with Crippen LogP contribution in [-0.2, 0) is 9.53 Å². The van der Waals surface area contributed by atoms with Gasteiger partial charge in [-0.3, -0.25) is 4.79 Å². The van der Waals surface area contributed by atoms with Crippen LogP contribution in [0, 0.1) is 0 Å². The van der Waals surface area contributed by atoms with Crippen LogP contribution < -0.4 is 10.2 Å². The van der Waals surface area contributed by atoms with Crippen LogP contribution in [0.1, 0.15) is 16.8 Å². The van der Waals surface area contributed by atoms with E-state index < -0.39 is 0 Å². The van der Waals surface area contributed by atoms with Crippen molar-refractivity contribution in [3.8, 4) is 0 Å². The van der Waals surface area contributed by atoms with E-state index in [0.29, 0.717) is 18.5 Å². The number of hydrogen-bond acceptors (Lipinski definition) is 5. The lowest BCUT2D eigenvalue weighted by molar-refractivity contribution is -0.131. The largest absolute Gasteiger partial charge is 0.465 e. The lowest BCUT2D eigenvalue weighted by Crippen LogP contribution is -2.49. The van der Waals surface area contributed by atoms with E-state index in [9.17, 15) is 9.59 Å². The number of rotatable bonds is 6. The maximum atomic E-state index is 12.4. The molecule has 1 aliphatic rings. The van der Waals surface area contributed by atoms with Gasteiger partial charge in [-0.1, -0.05) is 18.2 Å². The van der Waals surface area contributed by atoms with Crippen LogP contribution >= 0.6 is 0 Å². The van der Waals surface area contributed by atoms with Gasteiger partial charge in [-0.2, -0.15) is 0 Å². The summed E-state index contributed by atoms with van der Waals surface area (Å²) < 4.78 is 4.68. The van der Waals surface area contributed by atoms with Gasteiger partial charge in [-0.05, 0) is 36.4 Å². The van der Waals surface area contributed by atoms with Crippen LogP contribution in [0.3, 0.4) is 0 Å². The molecule has 6 nitrogen and oxygen atoms in total. The Morgan fingerprint density at radius 1 is 0.963 bits per heavy atom. The van der Waals surface area contributed by atoms with Crippen molar-refractivity contribution in [2.45, 2.75) is 6.42 Å². The molecule has 27 heavy (non-hydrogen) atoms. The van der Waals surface area contributed by atoms with Gasteiger partial charge in [0.1, 0.15) is 0 Å². The average Bonchev–Trinajstić information content (AvgIpc) is 2.74. The molecule has 0 unspecified atom stereocenters. The Kier molecular flexibility index (Phi) is 6.30. The molecular weight excluding hydrogens is 342 g/mol. The Bertz CT molecular complexity index is 754. The summed E-state index contributed by atoms with van der Waals surface area (Å²) in [5.74, 6) is -0.187. The normalized spacial score (nSPS) is 14.0. The van der Waals surface area contributed by atoms with Crippen LogP contribution in [0.4, 0.5) is 11.4 Å². The summed E-state index contributed by atoms with van der Waals surface area (Å²) in [7, 11) is 1.36. The summed E-state index contributed by atoms with van der Waals surface area (Å²) in [4.78, 5) is 28.1. The second kappa shape index (κ2) is 9.07. The minimum atomic E-state index is -0.355.